The van der Waals surface area contributed by atoms with Gasteiger partial charge in [0.25, 0.3) is 0 Å². The Hall–Kier alpha value is -3.51. The van der Waals surface area contributed by atoms with Crippen LogP contribution in [0.1, 0.15) is 17.0 Å². The van der Waals surface area contributed by atoms with Crippen molar-refractivity contribution in [3.63, 3.8) is 0 Å². The Labute approximate surface area is 170 Å². The number of benzene rings is 3. The van der Waals surface area contributed by atoms with Crippen molar-refractivity contribution in [3.8, 4) is 22.8 Å². The number of amides is 1. The molecule has 0 bridgehead atoms. The highest BCUT2D eigenvalue weighted by Gasteiger charge is 2.32. The molecule has 5 rings (SSSR count). The lowest BCUT2D eigenvalue weighted by atomic mass is 9.87. The number of halogens is 1. The van der Waals surface area contributed by atoms with Gasteiger partial charge in [-0.25, -0.2) is 9.37 Å². The molecule has 0 saturated heterocycles. The molecule has 1 aliphatic heterocycles. The molecule has 142 valence electrons. The van der Waals surface area contributed by atoms with Crippen molar-refractivity contribution in [1.29, 1.82) is 0 Å². The Morgan fingerprint density at radius 3 is 2.21 bits per heavy atom. The fourth-order valence-corrected chi connectivity index (χ4v) is 4.18. The van der Waals surface area contributed by atoms with Crippen LogP contribution in [0.15, 0.2) is 78.2 Å². The minimum atomic E-state index is -0.491. The van der Waals surface area contributed by atoms with E-state index in [0.29, 0.717) is 22.3 Å². The highest BCUT2D eigenvalue weighted by molar-refractivity contribution is 7.14. The third kappa shape index (κ3) is 3.28. The van der Waals surface area contributed by atoms with E-state index in [-0.39, 0.29) is 11.7 Å². The zero-order chi connectivity index (χ0) is 19.8. The second-order valence-corrected chi connectivity index (χ2v) is 7.50. The number of anilines is 1. The summed E-state index contributed by atoms with van der Waals surface area (Å²) in [6, 6.07) is 21.2. The topological polar surface area (TPSA) is 51.2 Å². The maximum absolute atomic E-state index is 13.2. The van der Waals surface area contributed by atoms with Crippen molar-refractivity contribution in [2.75, 3.05) is 5.32 Å². The van der Waals surface area contributed by atoms with Crippen LogP contribution in [0.4, 0.5) is 9.52 Å². The predicted octanol–water partition coefficient (Wildman–Crippen LogP) is 5.83. The minimum Gasteiger partial charge on any atom is -0.457 e. The van der Waals surface area contributed by atoms with Crippen LogP contribution >= 0.6 is 11.3 Å². The van der Waals surface area contributed by atoms with Crippen LogP contribution in [0.5, 0.6) is 11.5 Å². The smallest absolute Gasteiger partial charge is 0.238 e. The van der Waals surface area contributed by atoms with Gasteiger partial charge in [-0.05, 0) is 36.4 Å². The molecule has 6 heteroatoms. The third-order valence-electron chi connectivity index (χ3n) is 4.82. The highest BCUT2D eigenvalue weighted by atomic mass is 32.1. The first-order valence-corrected chi connectivity index (χ1v) is 9.95. The molecule has 29 heavy (non-hydrogen) atoms. The van der Waals surface area contributed by atoms with Gasteiger partial charge in [-0.3, -0.25) is 4.79 Å². The first kappa shape index (κ1) is 17.6. The maximum atomic E-state index is 13.2. The van der Waals surface area contributed by atoms with E-state index in [2.05, 4.69) is 10.3 Å². The zero-order valence-corrected chi connectivity index (χ0v) is 15.9. The molecule has 0 unspecified atom stereocenters. The summed E-state index contributed by atoms with van der Waals surface area (Å²) in [6.07, 6.45) is 0. The van der Waals surface area contributed by atoms with E-state index < -0.39 is 5.92 Å². The van der Waals surface area contributed by atoms with Crippen LogP contribution in [0.2, 0.25) is 0 Å². The normalized spacial score (nSPS) is 12.6. The lowest BCUT2D eigenvalue weighted by Gasteiger charge is -2.27. The van der Waals surface area contributed by atoms with Gasteiger partial charge < -0.3 is 10.1 Å². The van der Waals surface area contributed by atoms with Crippen LogP contribution in [0, 0.1) is 5.82 Å². The average molecular weight is 402 g/mol. The highest BCUT2D eigenvalue weighted by Crippen LogP contribution is 2.44. The number of hydrogen-bond acceptors (Lipinski definition) is 4. The van der Waals surface area contributed by atoms with E-state index in [9.17, 15) is 9.18 Å². The summed E-state index contributed by atoms with van der Waals surface area (Å²) in [5, 5.41) is 5.27. The Morgan fingerprint density at radius 2 is 1.55 bits per heavy atom. The third-order valence-corrected chi connectivity index (χ3v) is 5.57. The van der Waals surface area contributed by atoms with Crippen molar-refractivity contribution in [3.05, 3.63) is 95.1 Å². The van der Waals surface area contributed by atoms with Crippen molar-refractivity contribution in [1.82, 2.24) is 4.98 Å². The van der Waals surface area contributed by atoms with Crippen molar-refractivity contribution < 1.29 is 13.9 Å². The molecule has 3 aromatic carbocycles. The van der Waals surface area contributed by atoms with Gasteiger partial charge in [0.15, 0.2) is 5.13 Å². The van der Waals surface area contributed by atoms with Gasteiger partial charge in [-0.2, -0.15) is 0 Å². The van der Waals surface area contributed by atoms with Crippen LogP contribution in [0.3, 0.4) is 0 Å². The molecule has 0 radical (unpaired) electrons. The van der Waals surface area contributed by atoms with E-state index in [4.69, 9.17) is 4.74 Å². The summed E-state index contributed by atoms with van der Waals surface area (Å²) in [4.78, 5) is 17.7. The molecule has 4 nitrogen and oxygen atoms in total. The molecule has 2 heterocycles. The van der Waals surface area contributed by atoms with E-state index >= 15 is 0 Å². The number of thiazole rings is 1. The molecule has 1 amide bonds. The molecular formula is C23H15FN2O2S. The van der Waals surface area contributed by atoms with Gasteiger partial charge in [0, 0.05) is 22.1 Å². The molecular weight excluding hydrogens is 387 g/mol. The fourth-order valence-electron chi connectivity index (χ4n) is 3.45. The lowest BCUT2D eigenvalue weighted by molar-refractivity contribution is -0.116. The van der Waals surface area contributed by atoms with E-state index in [1.807, 2.05) is 53.9 Å². The van der Waals surface area contributed by atoms with Crippen LogP contribution in [0.25, 0.3) is 11.3 Å². The van der Waals surface area contributed by atoms with Gasteiger partial charge in [0.1, 0.15) is 17.3 Å². The number of carbonyl (C=O) groups excluding carboxylic acids is 1. The Kier molecular flexibility index (Phi) is 4.33. The van der Waals surface area contributed by atoms with Gasteiger partial charge in [-0.1, -0.05) is 36.4 Å². The Bertz CT molecular complexity index is 1160. The molecule has 0 spiro atoms. The second-order valence-electron chi connectivity index (χ2n) is 6.64. The first-order chi connectivity index (χ1) is 14.2. The lowest BCUT2D eigenvalue weighted by Crippen LogP contribution is -2.25. The number of carbonyl (C=O) groups is 1. The van der Waals surface area contributed by atoms with Crippen LogP contribution in [-0.2, 0) is 4.79 Å². The van der Waals surface area contributed by atoms with Crippen LogP contribution in [-0.4, -0.2) is 10.9 Å². The summed E-state index contributed by atoms with van der Waals surface area (Å²) in [7, 11) is 0. The number of ether oxygens (including phenoxy) is 1. The number of nitrogens with zero attached hydrogens (tertiary/aromatic N) is 1. The van der Waals surface area contributed by atoms with Crippen LogP contribution < -0.4 is 10.1 Å². The van der Waals surface area contributed by atoms with Gasteiger partial charge >= 0.3 is 0 Å². The fraction of sp³-hybridized carbons (Fsp3) is 0.0435. The Morgan fingerprint density at radius 1 is 0.931 bits per heavy atom. The molecule has 0 atom stereocenters. The predicted molar refractivity (Wildman–Crippen MR) is 111 cm³/mol. The van der Waals surface area contributed by atoms with E-state index in [1.54, 1.807) is 12.1 Å². The molecule has 0 fully saturated rings. The number of rotatable bonds is 3. The molecule has 1 aliphatic rings. The maximum Gasteiger partial charge on any atom is 0.238 e. The van der Waals surface area contributed by atoms with Gasteiger partial charge in [-0.15, -0.1) is 11.3 Å². The molecule has 0 saturated carbocycles. The van der Waals surface area contributed by atoms with Gasteiger partial charge in [0.2, 0.25) is 5.91 Å². The molecule has 0 aliphatic carbocycles. The summed E-state index contributed by atoms with van der Waals surface area (Å²) in [5.41, 5.74) is 3.13. The summed E-state index contributed by atoms with van der Waals surface area (Å²) >= 11 is 1.34. The number of hydrogen-bond donors (Lipinski definition) is 1. The van der Waals surface area contributed by atoms with Crippen molar-refractivity contribution in [2.24, 2.45) is 0 Å². The van der Waals surface area contributed by atoms with Gasteiger partial charge in [0.05, 0.1) is 11.6 Å². The molecule has 4 aromatic rings. The largest absolute Gasteiger partial charge is 0.457 e. The van der Waals surface area contributed by atoms with Crippen molar-refractivity contribution in [2.45, 2.75) is 5.92 Å². The molecule has 1 N–H and O–H groups in total. The number of para-hydroxylation sites is 2. The zero-order valence-electron chi connectivity index (χ0n) is 15.1. The summed E-state index contributed by atoms with van der Waals surface area (Å²) in [5.74, 6) is 0.395. The summed E-state index contributed by atoms with van der Waals surface area (Å²) < 4.78 is 19.1. The first-order valence-electron chi connectivity index (χ1n) is 9.07. The molecule has 1 aromatic heterocycles. The number of aromatic nitrogens is 1. The monoisotopic (exact) mass is 402 g/mol. The number of nitrogens with one attached hydrogen (secondary N) is 1. The average Bonchev–Trinajstić information content (AvgIpc) is 3.20. The second kappa shape index (κ2) is 7.14. The quantitative estimate of drug-likeness (QED) is 0.469. The SMILES string of the molecule is O=C(Nc1nc(-c2ccc(F)cc2)cs1)C1c2ccccc2Oc2ccccc21. The van der Waals surface area contributed by atoms with Crippen molar-refractivity contribution >= 4 is 22.4 Å². The minimum absolute atomic E-state index is 0.173. The Balaban J connectivity index is 1.45. The summed E-state index contributed by atoms with van der Waals surface area (Å²) in [6.45, 7) is 0. The van der Waals surface area contributed by atoms with E-state index in [1.165, 1.54) is 23.5 Å². The van der Waals surface area contributed by atoms with E-state index in [0.717, 1.165) is 16.7 Å². The standard InChI is InChI=1S/C23H15FN2O2S/c24-15-11-9-14(10-12-15)18-13-29-23(25-18)26-22(27)21-16-5-1-3-7-19(16)28-20-8-4-2-6-17(20)21/h1-13,21H,(H,25,26,27). The number of fused-ring (bicyclic) bond motifs is 2.